The maximum absolute atomic E-state index is 14.5. The predicted molar refractivity (Wildman–Crippen MR) is 198 cm³/mol. The zero-order valence-corrected chi connectivity index (χ0v) is 34.5. The SMILES string of the molecule is COC(OC)C1=C(c2cc(O[Si](C)(C)C(C)(C)C)ccc2NC(=O)OC(C)(C)C)C(=O)C[C@@H](CO[Si](C(C)C)(C(C)C)C(C)C)[C@@H]1C. The lowest BCUT2D eigenvalue weighted by atomic mass is 9.73. The topological polar surface area (TPSA) is 92.3 Å². The molecule has 0 fully saturated rings. The molecule has 0 radical (unpaired) electrons. The van der Waals surface area contributed by atoms with E-state index in [0.29, 0.717) is 52.2 Å². The van der Waals surface area contributed by atoms with Crippen molar-refractivity contribution in [1.29, 1.82) is 0 Å². The Morgan fingerprint density at radius 2 is 1.47 bits per heavy atom. The minimum absolute atomic E-state index is 0.0366. The van der Waals surface area contributed by atoms with Crippen LogP contribution in [0.3, 0.4) is 0 Å². The molecule has 1 aliphatic carbocycles. The fourth-order valence-corrected chi connectivity index (χ4v) is 13.4. The summed E-state index contributed by atoms with van der Waals surface area (Å²) in [6.07, 6.45) is -1.07. The zero-order chi connectivity index (χ0) is 36.3. The number of nitrogens with one attached hydrogen (secondary N) is 1. The summed E-state index contributed by atoms with van der Waals surface area (Å²) < 4.78 is 31.1. The Morgan fingerprint density at radius 3 is 1.91 bits per heavy atom. The van der Waals surface area contributed by atoms with E-state index in [1.165, 1.54) is 0 Å². The third-order valence-electron chi connectivity index (χ3n) is 10.2. The highest BCUT2D eigenvalue weighted by molar-refractivity contribution is 6.77. The van der Waals surface area contributed by atoms with E-state index in [9.17, 15) is 9.59 Å². The van der Waals surface area contributed by atoms with Gasteiger partial charge < -0.3 is 23.1 Å². The van der Waals surface area contributed by atoms with Crippen LogP contribution in [0.4, 0.5) is 10.5 Å². The smallest absolute Gasteiger partial charge is 0.412 e. The summed E-state index contributed by atoms with van der Waals surface area (Å²) in [5.74, 6) is 0.428. The van der Waals surface area contributed by atoms with Gasteiger partial charge in [-0.25, -0.2) is 4.79 Å². The van der Waals surface area contributed by atoms with Gasteiger partial charge in [0.05, 0.1) is 5.69 Å². The molecule has 2 rings (SSSR count). The number of anilines is 1. The first-order chi connectivity index (χ1) is 21.4. The Bertz CT molecular complexity index is 1250. The van der Waals surface area contributed by atoms with Gasteiger partial charge in [-0.1, -0.05) is 69.2 Å². The third kappa shape index (κ3) is 9.59. The van der Waals surface area contributed by atoms with Gasteiger partial charge in [0.2, 0.25) is 8.32 Å². The molecule has 0 unspecified atom stereocenters. The highest BCUT2D eigenvalue weighted by Gasteiger charge is 2.47. The standard InChI is InChI=1S/C37H65NO7Si2/c1-23(2)47(24(3)4,25(5)6)43-22-27-20-31(39)33(32(26(27)7)34(41-14)42-15)29-21-28(45-46(16,17)37(11,12)13)18-19-30(29)38-35(40)44-36(8,9)10/h18-19,21,23-27,34H,20,22H2,1-17H3,(H,38,40)/t26-,27-/m0/s1. The van der Waals surface area contributed by atoms with Crippen molar-refractivity contribution in [2.45, 2.75) is 143 Å². The fraction of sp³-hybridized carbons (Fsp3) is 0.730. The molecule has 1 amide bonds. The summed E-state index contributed by atoms with van der Waals surface area (Å²) in [5.41, 5.74) is 2.83. The first-order valence-electron chi connectivity index (χ1n) is 17.2. The molecule has 1 aromatic carbocycles. The van der Waals surface area contributed by atoms with Gasteiger partial charge >= 0.3 is 6.09 Å². The molecule has 0 aliphatic heterocycles. The van der Waals surface area contributed by atoms with E-state index in [1.807, 2.05) is 32.9 Å². The second-order valence-electron chi connectivity index (χ2n) is 16.6. The van der Waals surface area contributed by atoms with Crippen LogP contribution in [-0.4, -0.2) is 61.2 Å². The highest BCUT2D eigenvalue weighted by atomic mass is 28.4. The van der Waals surface area contributed by atoms with Crippen LogP contribution in [0.5, 0.6) is 5.75 Å². The number of hydrogen-bond acceptors (Lipinski definition) is 7. The zero-order valence-electron chi connectivity index (χ0n) is 32.5. The van der Waals surface area contributed by atoms with Crippen molar-refractivity contribution in [3.05, 3.63) is 29.3 Å². The molecular formula is C37H65NO7Si2. The van der Waals surface area contributed by atoms with Crippen molar-refractivity contribution in [3.8, 4) is 5.75 Å². The number of hydrogen-bond donors (Lipinski definition) is 1. The van der Waals surface area contributed by atoms with Gasteiger partial charge in [-0.3, -0.25) is 10.1 Å². The Labute approximate surface area is 287 Å². The predicted octanol–water partition coefficient (Wildman–Crippen LogP) is 10.2. The number of allylic oxidation sites excluding steroid dienone is 1. The average molecular weight is 692 g/mol. The van der Waals surface area contributed by atoms with E-state index in [-0.39, 0.29) is 22.7 Å². The summed E-state index contributed by atoms with van der Waals surface area (Å²) in [7, 11) is -1.22. The number of benzene rings is 1. The lowest BCUT2D eigenvalue weighted by Gasteiger charge is -2.44. The van der Waals surface area contributed by atoms with E-state index in [0.717, 1.165) is 5.57 Å². The maximum atomic E-state index is 14.5. The summed E-state index contributed by atoms with van der Waals surface area (Å²) in [6.45, 7) is 32.6. The molecule has 0 heterocycles. The molecule has 1 aliphatic rings. The van der Waals surface area contributed by atoms with E-state index >= 15 is 0 Å². The molecule has 0 aromatic heterocycles. The van der Waals surface area contributed by atoms with Gasteiger partial charge in [-0.15, -0.1) is 0 Å². The van der Waals surface area contributed by atoms with Crippen LogP contribution in [-0.2, 0) is 23.4 Å². The third-order valence-corrected chi connectivity index (χ3v) is 20.7. The van der Waals surface area contributed by atoms with E-state index in [4.69, 9.17) is 23.1 Å². The minimum atomic E-state index is -2.23. The number of Topliss-reactive ketones (excluding diaryl/α,β-unsaturated/α-hetero) is 1. The molecule has 1 aromatic rings. The summed E-state index contributed by atoms with van der Waals surface area (Å²) in [6, 6.07) is 5.52. The van der Waals surface area contributed by atoms with Gasteiger partial charge in [0.1, 0.15) is 11.4 Å². The molecule has 2 atom stereocenters. The Morgan fingerprint density at radius 1 is 0.936 bits per heavy atom. The number of carbonyl (C=O) groups excluding carboxylic acids is 2. The number of carbonyl (C=O) groups is 2. The fourth-order valence-electron chi connectivity index (χ4n) is 6.87. The molecule has 0 bridgehead atoms. The van der Waals surface area contributed by atoms with Crippen LogP contribution in [0.15, 0.2) is 23.8 Å². The summed E-state index contributed by atoms with van der Waals surface area (Å²) in [5, 5.41) is 2.88. The van der Waals surface area contributed by atoms with Gasteiger partial charge in [0.25, 0.3) is 0 Å². The van der Waals surface area contributed by atoms with Crippen LogP contribution in [0.25, 0.3) is 5.57 Å². The Balaban J connectivity index is 2.79. The number of methoxy groups -OCH3 is 2. The minimum Gasteiger partial charge on any atom is -0.543 e. The maximum Gasteiger partial charge on any atom is 0.412 e. The van der Waals surface area contributed by atoms with E-state index in [1.54, 1.807) is 20.3 Å². The molecule has 8 nitrogen and oxygen atoms in total. The van der Waals surface area contributed by atoms with Gasteiger partial charge in [-0.05, 0) is 91.1 Å². The van der Waals surface area contributed by atoms with Crippen molar-refractivity contribution in [2.75, 3.05) is 26.1 Å². The summed E-state index contributed by atoms with van der Waals surface area (Å²) >= 11 is 0. The van der Waals surface area contributed by atoms with Gasteiger partial charge in [0, 0.05) is 38.4 Å². The molecule has 0 spiro atoms. The monoisotopic (exact) mass is 691 g/mol. The van der Waals surface area contributed by atoms with Gasteiger partial charge in [0.15, 0.2) is 20.4 Å². The number of amides is 1. The molecule has 47 heavy (non-hydrogen) atoms. The number of ketones is 1. The van der Waals surface area contributed by atoms with Crippen LogP contribution in [0, 0.1) is 11.8 Å². The number of ether oxygens (including phenoxy) is 3. The van der Waals surface area contributed by atoms with Crippen molar-refractivity contribution < 1.29 is 32.7 Å². The Kier molecular flexibility index (Phi) is 13.8. The molecule has 0 saturated heterocycles. The summed E-state index contributed by atoms with van der Waals surface area (Å²) in [4.78, 5) is 27.5. The van der Waals surface area contributed by atoms with Crippen molar-refractivity contribution in [1.82, 2.24) is 0 Å². The Hall–Kier alpha value is -1.99. The van der Waals surface area contributed by atoms with E-state index in [2.05, 4.69) is 87.6 Å². The van der Waals surface area contributed by atoms with Gasteiger partial charge in [-0.2, -0.15) is 0 Å². The second kappa shape index (κ2) is 15.7. The largest absolute Gasteiger partial charge is 0.543 e. The van der Waals surface area contributed by atoms with E-state index < -0.39 is 34.6 Å². The first-order valence-corrected chi connectivity index (χ1v) is 22.3. The van der Waals surface area contributed by atoms with Crippen LogP contribution in [0.2, 0.25) is 34.8 Å². The van der Waals surface area contributed by atoms with Crippen LogP contribution in [0.1, 0.15) is 102 Å². The first kappa shape index (κ1) is 41.2. The molecule has 268 valence electrons. The van der Waals surface area contributed by atoms with Crippen molar-refractivity contribution in [3.63, 3.8) is 0 Å². The molecular weight excluding hydrogens is 627 g/mol. The molecule has 10 heteroatoms. The van der Waals surface area contributed by atoms with Crippen LogP contribution >= 0.6 is 0 Å². The quantitative estimate of drug-likeness (QED) is 0.163. The molecule has 1 N–H and O–H groups in total. The van der Waals surface area contributed by atoms with Crippen molar-refractivity contribution in [2.24, 2.45) is 11.8 Å². The average Bonchev–Trinajstić information content (AvgIpc) is 2.90. The lowest BCUT2D eigenvalue weighted by molar-refractivity contribution is -0.117. The second-order valence-corrected chi connectivity index (χ2v) is 26.8. The normalized spacial score (nSPS) is 18.5. The molecule has 0 saturated carbocycles. The number of rotatable bonds is 13. The highest BCUT2D eigenvalue weighted by Crippen LogP contribution is 2.47. The van der Waals surface area contributed by atoms with Crippen LogP contribution < -0.4 is 9.74 Å². The van der Waals surface area contributed by atoms with Crippen molar-refractivity contribution >= 4 is 39.8 Å². The lowest BCUT2D eigenvalue weighted by Crippen LogP contribution is -2.49.